The third-order valence-corrected chi connectivity index (χ3v) is 3.85. The molecule has 0 bridgehead atoms. The van der Waals surface area contributed by atoms with Gasteiger partial charge in [0.2, 0.25) is 0 Å². The summed E-state index contributed by atoms with van der Waals surface area (Å²) < 4.78 is 11.0. The van der Waals surface area contributed by atoms with Gasteiger partial charge in [0.25, 0.3) is 0 Å². The van der Waals surface area contributed by atoms with Crippen LogP contribution in [0, 0.1) is 0 Å². The molecule has 0 saturated heterocycles. The Hall–Kier alpha value is -2.50. The Labute approximate surface area is 155 Å². The van der Waals surface area contributed by atoms with Gasteiger partial charge in [-0.2, -0.15) is 0 Å². The van der Waals surface area contributed by atoms with Gasteiger partial charge in [0.15, 0.2) is 0 Å². The van der Waals surface area contributed by atoms with Crippen LogP contribution < -0.4 is 19.7 Å². The molecular formula is C21H28N2O3. The molecule has 2 aromatic carbocycles. The number of methoxy groups -OCH3 is 1. The predicted molar refractivity (Wildman–Crippen MR) is 107 cm³/mol. The molecule has 0 spiro atoms. The summed E-state index contributed by atoms with van der Waals surface area (Å²) in [5.41, 5.74) is 2.10. The van der Waals surface area contributed by atoms with E-state index in [1.165, 1.54) is 0 Å². The Morgan fingerprint density at radius 3 is 2.73 bits per heavy atom. The minimum atomic E-state index is -0.572. The highest BCUT2D eigenvalue weighted by molar-refractivity contribution is 5.57. The van der Waals surface area contributed by atoms with Crippen LogP contribution in [0.5, 0.6) is 11.5 Å². The molecule has 0 heterocycles. The van der Waals surface area contributed by atoms with Gasteiger partial charge in [0.1, 0.15) is 24.2 Å². The van der Waals surface area contributed by atoms with Crippen LogP contribution in [0.25, 0.3) is 6.08 Å². The van der Waals surface area contributed by atoms with Crippen molar-refractivity contribution in [2.24, 2.45) is 0 Å². The number of para-hydroxylation sites is 1. The Morgan fingerprint density at radius 1 is 1.15 bits per heavy atom. The number of rotatable bonds is 10. The maximum absolute atomic E-state index is 10.0. The molecule has 2 aromatic rings. The Morgan fingerprint density at radius 2 is 1.96 bits per heavy atom. The van der Waals surface area contributed by atoms with Crippen molar-refractivity contribution in [2.75, 3.05) is 45.8 Å². The summed E-state index contributed by atoms with van der Waals surface area (Å²) in [6.45, 7) is 1.37. The molecule has 0 aliphatic rings. The van der Waals surface area contributed by atoms with Gasteiger partial charge < -0.3 is 24.8 Å². The van der Waals surface area contributed by atoms with Crippen LogP contribution in [0.2, 0.25) is 0 Å². The molecule has 2 N–H and O–H groups in total. The Kier molecular flexibility index (Phi) is 7.99. The number of aliphatic hydroxyl groups excluding tert-OH is 1. The lowest BCUT2D eigenvalue weighted by Gasteiger charge is -2.16. The zero-order chi connectivity index (χ0) is 18.8. The monoisotopic (exact) mass is 356 g/mol. The molecule has 5 nitrogen and oxygen atoms in total. The summed E-state index contributed by atoms with van der Waals surface area (Å²) in [7, 11) is 5.63. The summed E-state index contributed by atoms with van der Waals surface area (Å²) in [6, 6.07) is 15.6. The molecule has 0 saturated carbocycles. The molecule has 0 radical (unpaired) electrons. The van der Waals surface area contributed by atoms with Gasteiger partial charge in [0, 0.05) is 44.5 Å². The number of benzene rings is 2. The number of aliphatic hydroxyl groups is 1. The van der Waals surface area contributed by atoms with E-state index < -0.39 is 6.10 Å². The van der Waals surface area contributed by atoms with E-state index in [-0.39, 0.29) is 6.61 Å². The lowest BCUT2D eigenvalue weighted by atomic mass is 10.2. The van der Waals surface area contributed by atoms with Crippen LogP contribution >= 0.6 is 0 Å². The number of nitrogens with one attached hydrogen (secondary N) is 1. The molecule has 0 fully saturated rings. The second-order valence-electron chi connectivity index (χ2n) is 6.16. The molecule has 2 rings (SSSR count). The zero-order valence-electron chi connectivity index (χ0n) is 15.7. The maximum atomic E-state index is 10.0. The van der Waals surface area contributed by atoms with Crippen molar-refractivity contribution in [3.8, 4) is 11.5 Å². The summed E-state index contributed by atoms with van der Waals surface area (Å²) in [6.07, 6.45) is 3.44. The zero-order valence-corrected chi connectivity index (χ0v) is 15.7. The van der Waals surface area contributed by atoms with Crippen LogP contribution in [0.3, 0.4) is 0 Å². The minimum Gasteiger partial charge on any atom is -0.496 e. The van der Waals surface area contributed by atoms with Crippen molar-refractivity contribution in [1.82, 2.24) is 5.32 Å². The van der Waals surface area contributed by atoms with E-state index in [0.29, 0.717) is 13.1 Å². The Bertz CT molecular complexity index is 701. The smallest absolute Gasteiger partial charge is 0.126 e. The van der Waals surface area contributed by atoms with Gasteiger partial charge in [-0.15, -0.1) is 0 Å². The molecule has 0 aliphatic heterocycles. The number of hydrogen-bond acceptors (Lipinski definition) is 5. The third kappa shape index (κ3) is 6.43. The van der Waals surface area contributed by atoms with Gasteiger partial charge in [-0.1, -0.05) is 36.4 Å². The molecule has 26 heavy (non-hydrogen) atoms. The topological polar surface area (TPSA) is 54.0 Å². The first-order chi connectivity index (χ1) is 12.6. The van der Waals surface area contributed by atoms with Crippen molar-refractivity contribution in [2.45, 2.75) is 6.10 Å². The van der Waals surface area contributed by atoms with Gasteiger partial charge >= 0.3 is 0 Å². The van der Waals surface area contributed by atoms with E-state index in [0.717, 1.165) is 22.7 Å². The number of ether oxygens (including phenoxy) is 2. The third-order valence-electron chi connectivity index (χ3n) is 3.85. The second-order valence-corrected chi connectivity index (χ2v) is 6.16. The predicted octanol–water partition coefficient (Wildman–Crippen LogP) is 2.80. The average Bonchev–Trinajstić information content (AvgIpc) is 2.66. The van der Waals surface area contributed by atoms with Crippen molar-refractivity contribution >= 4 is 11.8 Å². The molecule has 1 atom stereocenters. The van der Waals surface area contributed by atoms with Crippen LogP contribution in [0.15, 0.2) is 54.6 Å². The van der Waals surface area contributed by atoms with Crippen LogP contribution in [-0.4, -0.2) is 52.1 Å². The second kappa shape index (κ2) is 10.5. The maximum Gasteiger partial charge on any atom is 0.126 e. The highest BCUT2D eigenvalue weighted by Crippen LogP contribution is 2.19. The lowest BCUT2D eigenvalue weighted by molar-refractivity contribution is 0.107. The normalized spacial score (nSPS) is 12.2. The van der Waals surface area contributed by atoms with Gasteiger partial charge in [0.05, 0.1) is 7.11 Å². The first-order valence-electron chi connectivity index (χ1n) is 8.68. The molecule has 5 heteroatoms. The molecule has 1 unspecified atom stereocenters. The highest BCUT2D eigenvalue weighted by Gasteiger charge is 2.05. The summed E-state index contributed by atoms with van der Waals surface area (Å²) in [4.78, 5) is 2.01. The largest absolute Gasteiger partial charge is 0.496 e. The first kappa shape index (κ1) is 19.8. The van der Waals surface area contributed by atoms with E-state index in [9.17, 15) is 5.11 Å². The fourth-order valence-electron chi connectivity index (χ4n) is 2.43. The van der Waals surface area contributed by atoms with E-state index in [2.05, 4.69) is 5.32 Å². The summed E-state index contributed by atoms with van der Waals surface area (Å²) >= 11 is 0. The van der Waals surface area contributed by atoms with E-state index in [1.54, 1.807) is 7.11 Å². The van der Waals surface area contributed by atoms with E-state index >= 15 is 0 Å². The van der Waals surface area contributed by atoms with Crippen LogP contribution in [-0.2, 0) is 0 Å². The molecule has 140 valence electrons. The fraction of sp³-hybridized carbons (Fsp3) is 0.333. The van der Waals surface area contributed by atoms with Crippen molar-refractivity contribution < 1.29 is 14.6 Å². The molecule has 0 amide bonds. The van der Waals surface area contributed by atoms with Crippen molar-refractivity contribution in [3.05, 3.63) is 60.2 Å². The van der Waals surface area contributed by atoms with E-state index in [1.807, 2.05) is 79.7 Å². The van der Waals surface area contributed by atoms with Gasteiger partial charge in [-0.05, 0) is 18.2 Å². The first-order valence-corrected chi connectivity index (χ1v) is 8.68. The molecular weight excluding hydrogens is 328 g/mol. The highest BCUT2D eigenvalue weighted by atomic mass is 16.5. The van der Waals surface area contributed by atoms with Crippen LogP contribution in [0.1, 0.15) is 5.56 Å². The van der Waals surface area contributed by atoms with Gasteiger partial charge in [-0.25, -0.2) is 0 Å². The van der Waals surface area contributed by atoms with Gasteiger partial charge in [-0.3, -0.25) is 0 Å². The molecule has 0 aromatic heterocycles. The van der Waals surface area contributed by atoms with E-state index in [4.69, 9.17) is 9.47 Å². The fourth-order valence-corrected chi connectivity index (χ4v) is 2.43. The standard InChI is InChI=1S/C21H28N2O3/c1-23(2)18-10-6-11-20(14-18)26-16-19(24)15-22-13-7-9-17-8-4-5-12-21(17)25-3/h4-12,14,19,22,24H,13,15-16H2,1-3H3. The van der Waals surface area contributed by atoms with Crippen molar-refractivity contribution in [3.63, 3.8) is 0 Å². The van der Waals surface area contributed by atoms with Crippen LogP contribution in [0.4, 0.5) is 5.69 Å². The average molecular weight is 356 g/mol. The summed E-state index contributed by atoms with van der Waals surface area (Å²) in [5, 5.41) is 13.2. The summed E-state index contributed by atoms with van der Waals surface area (Å²) in [5.74, 6) is 1.60. The lowest BCUT2D eigenvalue weighted by Crippen LogP contribution is -2.31. The Balaban J connectivity index is 1.70. The SMILES string of the molecule is COc1ccccc1C=CCNCC(O)COc1cccc(N(C)C)c1. The number of nitrogens with zero attached hydrogens (tertiary/aromatic N) is 1. The number of anilines is 1. The minimum absolute atomic E-state index is 0.250. The quantitative estimate of drug-likeness (QED) is 0.641. The number of hydrogen-bond donors (Lipinski definition) is 2. The molecule has 0 aliphatic carbocycles. The van der Waals surface area contributed by atoms with Crippen molar-refractivity contribution in [1.29, 1.82) is 0 Å².